The third-order valence-corrected chi connectivity index (χ3v) is 14.0. The minimum Gasteiger partial charge on any atom is -0.307 e. The smallest absolute Gasteiger partial charge is 0.0998 e. The molecule has 0 saturated carbocycles. The number of benzene rings is 10. The van der Waals surface area contributed by atoms with E-state index in [9.17, 15) is 31.6 Å². The van der Waals surface area contributed by atoms with Gasteiger partial charge in [0.25, 0.3) is 0 Å². The number of hydrogen-bond donors (Lipinski definition) is 0. The molecule has 0 amide bonds. The van der Waals surface area contributed by atoms with Crippen molar-refractivity contribution in [3.63, 3.8) is 0 Å². The fraction of sp³-hybridized carbons (Fsp3) is 0. The molecule has 0 aliphatic carbocycles. The maximum atomic E-state index is 11.2. The lowest BCUT2D eigenvalue weighted by molar-refractivity contribution is 1.09. The predicted molar refractivity (Wildman–Crippen MR) is 291 cm³/mol. The van der Waals surface area contributed by atoms with E-state index < -0.39 is 0 Å². The lowest BCUT2D eigenvalue weighted by atomic mass is 9.96. The average Bonchev–Trinajstić information content (AvgIpc) is 4.00. The van der Waals surface area contributed by atoms with Crippen LogP contribution in [-0.2, 0) is 0 Å². The molecule has 0 aliphatic heterocycles. The zero-order valence-electron chi connectivity index (χ0n) is 39.2. The van der Waals surface area contributed by atoms with Gasteiger partial charge in [0.15, 0.2) is 0 Å². The standard InChI is InChI=1S/C66H34N8/c67-35-41-10-9-15-42(28-41)56-34-66(74-63-26-22-45(54-18-7-3-13-49(54)38-70)31-59(63)60-32-46(23-27-64(60)74)55-19-8-4-14-50(55)39-71)65(33-51(56)40-72)73-61-24-20-43(52-16-5-1-11-47(52)36-68)29-57(61)58-30-44(21-25-62(58)73)53-17-6-2-12-48(53)37-69/h1-34H. The molecule has 0 aliphatic rings. The van der Waals surface area contributed by atoms with Crippen LogP contribution in [0.4, 0.5) is 0 Å². The highest BCUT2D eigenvalue weighted by molar-refractivity contribution is 6.14. The lowest BCUT2D eigenvalue weighted by Gasteiger charge is -2.20. The van der Waals surface area contributed by atoms with Crippen LogP contribution in [-0.4, -0.2) is 9.13 Å². The molecule has 0 radical (unpaired) electrons. The van der Waals surface area contributed by atoms with Crippen LogP contribution in [0.3, 0.4) is 0 Å². The Hall–Kier alpha value is -11.3. The van der Waals surface area contributed by atoms with E-state index in [2.05, 4.69) is 94.1 Å². The molecule has 2 aromatic heterocycles. The van der Waals surface area contributed by atoms with Crippen LogP contribution in [0.15, 0.2) is 206 Å². The van der Waals surface area contributed by atoms with Crippen molar-refractivity contribution in [3.05, 3.63) is 240 Å². The Labute approximate surface area is 425 Å². The lowest BCUT2D eigenvalue weighted by Crippen LogP contribution is -2.05. The van der Waals surface area contributed by atoms with Crippen LogP contribution in [0.1, 0.15) is 33.4 Å². The van der Waals surface area contributed by atoms with Gasteiger partial charge < -0.3 is 9.13 Å². The van der Waals surface area contributed by atoms with Crippen molar-refractivity contribution < 1.29 is 0 Å². The van der Waals surface area contributed by atoms with Crippen molar-refractivity contribution in [3.8, 4) is 103 Å². The van der Waals surface area contributed by atoms with Crippen molar-refractivity contribution >= 4 is 43.6 Å². The summed E-state index contributed by atoms with van der Waals surface area (Å²) in [6, 6.07) is 80.5. The first-order valence-electron chi connectivity index (χ1n) is 23.7. The van der Waals surface area contributed by atoms with Crippen molar-refractivity contribution in [2.24, 2.45) is 0 Å². The normalized spacial score (nSPS) is 10.9. The molecule has 12 rings (SSSR count). The maximum Gasteiger partial charge on any atom is 0.0998 e. The van der Waals surface area contributed by atoms with Gasteiger partial charge in [0.05, 0.1) is 103 Å². The molecule has 10 aromatic carbocycles. The number of aromatic nitrogens is 2. The maximum absolute atomic E-state index is 11.2. The molecule has 0 saturated heterocycles. The topological polar surface area (TPSA) is 153 Å². The van der Waals surface area contributed by atoms with Crippen LogP contribution in [0, 0.1) is 68.0 Å². The van der Waals surface area contributed by atoms with Gasteiger partial charge in [-0.15, -0.1) is 0 Å². The first kappa shape index (κ1) is 44.0. The van der Waals surface area contributed by atoms with Gasteiger partial charge in [-0.3, -0.25) is 0 Å². The molecule has 8 nitrogen and oxygen atoms in total. The van der Waals surface area contributed by atoms with Crippen molar-refractivity contribution in [1.82, 2.24) is 9.13 Å². The second kappa shape index (κ2) is 17.9. The fourth-order valence-corrected chi connectivity index (χ4v) is 10.6. The van der Waals surface area contributed by atoms with Gasteiger partial charge in [-0.05, 0) is 147 Å². The molecule has 0 N–H and O–H groups in total. The zero-order chi connectivity index (χ0) is 50.5. The molecule has 0 unspecified atom stereocenters. The Morgan fingerprint density at radius 1 is 0.243 bits per heavy atom. The number of nitrogens with zero attached hydrogens (tertiary/aromatic N) is 8. The zero-order valence-corrected chi connectivity index (χ0v) is 39.2. The van der Waals surface area contributed by atoms with Gasteiger partial charge in [-0.25, -0.2) is 0 Å². The highest BCUT2D eigenvalue weighted by atomic mass is 15.1. The third-order valence-electron chi connectivity index (χ3n) is 14.0. The van der Waals surface area contributed by atoms with Gasteiger partial charge >= 0.3 is 0 Å². The summed E-state index contributed by atoms with van der Waals surface area (Å²) in [5.41, 5.74) is 15.7. The largest absolute Gasteiger partial charge is 0.307 e. The quantitative estimate of drug-likeness (QED) is 0.155. The Morgan fingerprint density at radius 2 is 0.568 bits per heavy atom. The number of fused-ring (bicyclic) bond motifs is 6. The van der Waals surface area contributed by atoms with E-state index in [4.69, 9.17) is 0 Å². The number of nitriles is 6. The minimum absolute atomic E-state index is 0.388. The molecule has 74 heavy (non-hydrogen) atoms. The van der Waals surface area contributed by atoms with Crippen LogP contribution in [0.2, 0.25) is 0 Å². The van der Waals surface area contributed by atoms with E-state index in [1.54, 1.807) is 12.1 Å². The Bertz CT molecular complexity index is 4410. The predicted octanol–water partition coefficient (Wildman–Crippen LogP) is 15.4. The molecule has 0 atom stereocenters. The molecule has 8 heteroatoms. The molecular formula is C66H34N8. The van der Waals surface area contributed by atoms with Crippen molar-refractivity contribution in [2.75, 3.05) is 0 Å². The summed E-state index contributed by atoms with van der Waals surface area (Å²) in [7, 11) is 0. The second-order valence-corrected chi connectivity index (χ2v) is 17.9. The Morgan fingerprint density at radius 3 is 0.905 bits per heavy atom. The molecule has 0 spiro atoms. The van der Waals surface area contributed by atoms with Crippen LogP contribution in [0.5, 0.6) is 0 Å². The summed E-state index contributed by atoms with van der Waals surface area (Å²) < 4.78 is 4.40. The summed E-state index contributed by atoms with van der Waals surface area (Å²) in [6.45, 7) is 0. The molecule has 2 heterocycles. The van der Waals surface area contributed by atoms with E-state index in [1.807, 2.05) is 146 Å². The first-order valence-corrected chi connectivity index (χ1v) is 23.7. The highest BCUT2D eigenvalue weighted by Gasteiger charge is 2.25. The van der Waals surface area contributed by atoms with Gasteiger partial charge in [0.2, 0.25) is 0 Å². The van der Waals surface area contributed by atoms with Crippen LogP contribution in [0.25, 0.3) is 111 Å². The monoisotopic (exact) mass is 938 g/mol. The Kier molecular flexibility index (Phi) is 10.7. The van der Waals surface area contributed by atoms with Crippen molar-refractivity contribution in [1.29, 1.82) is 31.6 Å². The molecular weight excluding hydrogens is 905 g/mol. The number of hydrogen-bond acceptors (Lipinski definition) is 6. The van der Waals surface area contributed by atoms with Crippen LogP contribution < -0.4 is 0 Å². The van der Waals surface area contributed by atoms with Gasteiger partial charge in [-0.1, -0.05) is 109 Å². The fourth-order valence-electron chi connectivity index (χ4n) is 10.6. The van der Waals surface area contributed by atoms with E-state index in [0.717, 1.165) is 93.8 Å². The highest BCUT2D eigenvalue weighted by Crippen LogP contribution is 2.45. The van der Waals surface area contributed by atoms with E-state index >= 15 is 0 Å². The van der Waals surface area contributed by atoms with E-state index in [1.165, 1.54) is 0 Å². The third kappa shape index (κ3) is 7.10. The minimum atomic E-state index is 0.388. The number of rotatable bonds is 7. The summed E-state index contributed by atoms with van der Waals surface area (Å²) in [4.78, 5) is 0. The van der Waals surface area contributed by atoms with E-state index in [-0.39, 0.29) is 0 Å². The van der Waals surface area contributed by atoms with E-state index in [0.29, 0.717) is 50.2 Å². The SMILES string of the molecule is N#Cc1cccc(-c2cc(-n3c4ccc(-c5ccccc5C#N)cc4c4cc(-c5ccccc5C#N)ccc43)c(-n3c4ccc(-c5ccccc5C#N)cc4c4cc(-c5ccccc5C#N)ccc43)cc2C#N)c1. The molecule has 0 fully saturated rings. The second-order valence-electron chi connectivity index (χ2n) is 17.9. The summed E-state index contributed by atoms with van der Waals surface area (Å²) in [6.07, 6.45) is 0. The summed E-state index contributed by atoms with van der Waals surface area (Å²) in [5, 5.41) is 65.8. The van der Waals surface area contributed by atoms with Gasteiger partial charge in [-0.2, -0.15) is 31.6 Å². The van der Waals surface area contributed by atoms with Gasteiger partial charge in [0.1, 0.15) is 0 Å². The summed E-state index contributed by atoms with van der Waals surface area (Å²) in [5.74, 6) is 0. The molecule has 0 bridgehead atoms. The van der Waals surface area contributed by atoms with Gasteiger partial charge in [0, 0.05) is 27.1 Å². The van der Waals surface area contributed by atoms with Crippen LogP contribution >= 0.6 is 0 Å². The molecule has 12 aromatic rings. The molecule has 338 valence electrons. The first-order chi connectivity index (χ1) is 36.4. The average molecular weight is 939 g/mol. The Balaban J connectivity index is 1.22. The summed E-state index contributed by atoms with van der Waals surface area (Å²) >= 11 is 0. The van der Waals surface area contributed by atoms with Crippen molar-refractivity contribution in [2.45, 2.75) is 0 Å².